The average Bonchev–Trinajstić information content (AvgIpc) is 1.66. The van der Waals surface area contributed by atoms with Crippen LogP contribution in [-0.2, 0) is 43.3 Å². The molecule has 34 nitrogen and oxygen atoms in total. The van der Waals surface area contributed by atoms with Crippen LogP contribution in [0.3, 0.4) is 0 Å². The Bertz CT molecular complexity index is 7100. The molecule has 137 heavy (non-hydrogen) atoms. The van der Waals surface area contributed by atoms with E-state index in [1.165, 1.54) is 121 Å². The van der Waals surface area contributed by atoms with Gasteiger partial charge in [0.05, 0.1) is 97.4 Å². The van der Waals surface area contributed by atoms with Crippen LogP contribution in [0.25, 0.3) is 66.2 Å². The van der Waals surface area contributed by atoms with Crippen LogP contribution in [-0.4, -0.2) is 143 Å². The molecule has 6 saturated carbocycles. The number of ether oxygens (including phenoxy) is 2. The molecule has 2 atom stereocenters. The van der Waals surface area contributed by atoms with Gasteiger partial charge in [-0.1, -0.05) is 186 Å². The summed E-state index contributed by atoms with van der Waals surface area (Å²) in [7, 11) is 0. The number of H-pyrrole nitrogens is 6. The first-order valence-electron chi connectivity index (χ1n) is 49.1. The Morgan fingerprint density at radius 2 is 0.759 bits per heavy atom. The highest BCUT2D eigenvalue weighted by Gasteiger charge is 2.34. The number of alkyl halides is 3. The third kappa shape index (κ3) is 23.0. The fourth-order valence-electron chi connectivity index (χ4n) is 20.3. The van der Waals surface area contributed by atoms with Crippen molar-refractivity contribution in [3.05, 3.63) is 229 Å². The Balaban J connectivity index is 0.000000114. The number of aryl methyl sites for hydroxylation is 1. The smallest absolute Gasteiger partial charge is 0.405 e. The molecule has 37 heteroatoms. The standard InChI is InChI=1S/C19H19F3N4O2.C18H17N5O.C17H19N5O.C17H24N4O.C15H22N4O.C14H20N4O2/c20-19(21,22)28-15-9-5-4-6-12(15)10-16-24-17-14(18(27)25-16)11-23-26(17)13-7-2-1-3-8-13;19-10-13-6-2-1-5-12(13)9-16-21-17-15(18(24)22-16)11-20-23(17)14-7-3-4-8-14;1-11-5-4-8-18-14(11)9-15-20-16-13(17(23)21-15)10-19-22(16)12-6-2-3-7-12;22-17-14-11-18-21(13-8-2-1-3-9-13)16(14)19-15(20-17)10-12-6-4-5-7-12;1-10(2)8-13-17-14-12(15(20)18-13)9-16-19(14)11-6-4-3-5-7-11;1-3-9(2)6-12-16-13-11(14(19)17-12)7-15-18(13)10-4-5-20-8-10/h4-6,9,11,13H,1-3,7-8,10H2,(H,24,25,27);1-2,5-6,11,14H,3-4,7-9H2,(H,21,22,24);4-5,8,10,12H,2-3,6-7,9H2,1H3,(H,20,21,23);11-13H,1-10H2,(H,19,20,22);9-11H,3-8H2,1-2H3,(H,17,18,20);7,9-10H,3-6,8H2,1-2H3,(H,16,17,19). The van der Waals surface area contributed by atoms with Crippen molar-refractivity contribution in [1.29, 1.82) is 5.26 Å². The predicted octanol–water partition coefficient (Wildman–Crippen LogP) is 17.2. The van der Waals surface area contributed by atoms with Gasteiger partial charge < -0.3 is 39.4 Å². The van der Waals surface area contributed by atoms with Gasteiger partial charge in [0.25, 0.3) is 33.4 Å². The van der Waals surface area contributed by atoms with Crippen molar-refractivity contribution in [3.8, 4) is 11.8 Å². The molecule has 6 N–H and O–H groups in total. The van der Waals surface area contributed by atoms with Gasteiger partial charge in [-0.3, -0.25) is 33.8 Å². The van der Waals surface area contributed by atoms with Gasteiger partial charge in [-0.15, -0.1) is 13.2 Å². The van der Waals surface area contributed by atoms with E-state index in [4.69, 9.17) is 9.72 Å². The minimum Gasteiger partial charge on any atom is -0.405 e. The number of hydrogen-bond donors (Lipinski definition) is 6. The Labute approximate surface area is 787 Å². The van der Waals surface area contributed by atoms with Crippen LogP contribution < -0.4 is 38.1 Å². The molecule has 1 saturated heterocycles. The van der Waals surface area contributed by atoms with Crippen molar-refractivity contribution < 1.29 is 22.6 Å². The number of aromatic amines is 6. The molecule has 14 heterocycles. The molecule has 7 aliphatic rings. The Hall–Kier alpha value is -13.3. The second-order valence-corrected chi connectivity index (χ2v) is 38.2. The quantitative estimate of drug-likeness (QED) is 0.0413. The highest BCUT2D eigenvalue weighted by atomic mass is 19.4. The molecule has 0 spiro atoms. The summed E-state index contributed by atoms with van der Waals surface area (Å²) >= 11 is 0. The topological polar surface area (TPSA) is 437 Å². The normalized spacial score (nSPS) is 17.3. The van der Waals surface area contributed by atoms with Crippen molar-refractivity contribution in [2.75, 3.05) is 13.2 Å². The van der Waals surface area contributed by atoms with Crippen molar-refractivity contribution in [2.24, 2.45) is 17.8 Å². The zero-order valence-electron chi connectivity index (χ0n) is 78.5. The van der Waals surface area contributed by atoms with Crippen LogP contribution in [0.15, 0.2) is 133 Å². The molecular formula is C100H121F3N26O8. The van der Waals surface area contributed by atoms with Gasteiger partial charge in [0.2, 0.25) is 0 Å². The molecule has 720 valence electrons. The molecule has 13 aromatic heterocycles. The number of halogens is 3. The van der Waals surface area contributed by atoms with Crippen LogP contribution in [0.1, 0.15) is 313 Å². The maximum absolute atomic E-state index is 12.6. The summed E-state index contributed by atoms with van der Waals surface area (Å²) in [6, 6.07) is 21.2. The first-order valence-corrected chi connectivity index (χ1v) is 49.1. The number of nitriles is 1. The van der Waals surface area contributed by atoms with E-state index >= 15 is 0 Å². The lowest BCUT2D eigenvalue weighted by atomic mass is 9.96. The van der Waals surface area contributed by atoms with E-state index in [2.05, 4.69) is 129 Å². The van der Waals surface area contributed by atoms with Crippen molar-refractivity contribution in [3.63, 3.8) is 0 Å². The molecule has 7 fully saturated rings. The first-order chi connectivity index (χ1) is 66.5. The van der Waals surface area contributed by atoms with Crippen molar-refractivity contribution in [2.45, 2.75) is 302 Å². The Morgan fingerprint density at radius 1 is 0.416 bits per heavy atom. The summed E-state index contributed by atoms with van der Waals surface area (Å²) in [6.07, 6.45) is 44.0. The number of hydrogen-bond acceptors (Lipinski definition) is 22. The highest BCUT2D eigenvalue weighted by Crippen LogP contribution is 2.37. The molecule has 2 aromatic carbocycles. The van der Waals surface area contributed by atoms with E-state index in [9.17, 15) is 47.2 Å². The molecule has 0 bridgehead atoms. The summed E-state index contributed by atoms with van der Waals surface area (Å²) < 4.78 is 58.9. The van der Waals surface area contributed by atoms with Crippen LogP contribution in [0.5, 0.6) is 5.75 Å². The molecule has 22 rings (SSSR count). The summed E-state index contributed by atoms with van der Waals surface area (Å²) in [5, 5.41) is 38.9. The number of nitrogens with one attached hydrogen (secondary N) is 6. The lowest BCUT2D eigenvalue weighted by Gasteiger charge is -2.22. The lowest BCUT2D eigenvalue weighted by molar-refractivity contribution is -0.274. The largest absolute Gasteiger partial charge is 0.573 e. The van der Waals surface area contributed by atoms with Crippen molar-refractivity contribution in [1.82, 2.24) is 123 Å². The summed E-state index contributed by atoms with van der Waals surface area (Å²) in [6.45, 7) is 12.0. The van der Waals surface area contributed by atoms with Crippen LogP contribution in [0, 0.1) is 36.0 Å². The Kier molecular flexibility index (Phi) is 30.5. The molecule has 1 aliphatic heterocycles. The van der Waals surface area contributed by atoms with E-state index in [0.717, 1.165) is 161 Å². The summed E-state index contributed by atoms with van der Waals surface area (Å²) in [5.74, 6) is 5.20. The number of benzene rings is 2. The van der Waals surface area contributed by atoms with Crippen LogP contribution in [0.4, 0.5) is 13.2 Å². The number of fused-ring (bicyclic) bond motifs is 6. The van der Waals surface area contributed by atoms with Gasteiger partial charge >= 0.3 is 6.36 Å². The number of para-hydroxylation sites is 1. The van der Waals surface area contributed by atoms with Gasteiger partial charge in [-0.2, -0.15) is 35.9 Å². The van der Waals surface area contributed by atoms with E-state index in [1.807, 2.05) is 60.7 Å². The third-order valence-electron chi connectivity index (χ3n) is 27.7. The second-order valence-electron chi connectivity index (χ2n) is 38.2. The van der Waals surface area contributed by atoms with Crippen molar-refractivity contribution >= 4 is 66.2 Å². The molecule has 0 amide bonds. The molecule has 15 aromatic rings. The lowest BCUT2D eigenvalue weighted by Crippen LogP contribution is -2.19. The molecule has 2 unspecified atom stereocenters. The number of aromatic nitrogens is 25. The van der Waals surface area contributed by atoms with Gasteiger partial charge in [0.1, 0.15) is 73.0 Å². The monoisotopic (exact) mass is 1870 g/mol. The maximum Gasteiger partial charge on any atom is 0.573 e. The molecular weight excluding hydrogens is 1750 g/mol. The Morgan fingerprint density at radius 3 is 1.15 bits per heavy atom. The van der Waals surface area contributed by atoms with Gasteiger partial charge in [-0.05, 0) is 125 Å². The summed E-state index contributed by atoms with van der Waals surface area (Å²) in [4.78, 5) is 123. The minimum atomic E-state index is -4.79. The van der Waals surface area contributed by atoms with Gasteiger partial charge in [-0.25, -0.2) is 58.0 Å². The summed E-state index contributed by atoms with van der Waals surface area (Å²) in [5.41, 5.74) is 6.99. The molecule has 0 radical (unpaired) electrons. The van der Waals surface area contributed by atoms with E-state index < -0.39 is 6.36 Å². The van der Waals surface area contributed by atoms with Crippen LogP contribution >= 0.6 is 0 Å². The number of nitrogens with zero attached hydrogens (tertiary/aromatic N) is 20. The zero-order chi connectivity index (χ0) is 95.2. The van der Waals surface area contributed by atoms with E-state index in [0.29, 0.717) is 133 Å². The maximum atomic E-state index is 12.6. The first kappa shape index (κ1) is 95.5. The predicted molar refractivity (Wildman–Crippen MR) is 514 cm³/mol. The second kappa shape index (κ2) is 43.8. The van der Waals surface area contributed by atoms with Crippen LogP contribution in [0.2, 0.25) is 0 Å². The average molecular weight is 1870 g/mol. The third-order valence-corrected chi connectivity index (χ3v) is 27.7. The number of pyridine rings is 1. The van der Waals surface area contributed by atoms with Gasteiger partial charge in [0, 0.05) is 56.9 Å². The number of rotatable bonds is 20. The SMILES string of the molecule is CC(C)Cc1nc2c(cnn2C2CCCCC2)c(=O)[nH]1.CCC(C)Cc1nc2c(cnn2C2CCOC2)c(=O)[nH]1.Cc1cccnc1Cc1nc2c(cnn2C2CCCC2)c(=O)[nH]1.N#Cc1ccccc1Cc1nc2c(cnn2C2CCCC2)c(=O)[nH]1.O=c1[nH]c(CC2CCCC2)nc2c1cnn2C1CCCCC1.O=c1[nH]c(Cc2ccccc2OC(F)(F)F)nc2c1cnn2C1CCCCC1. The fourth-order valence-corrected chi connectivity index (χ4v) is 20.3. The zero-order valence-corrected chi connectivity index (χ0v) is 78.5. The van der Waals surface area contributed by atoms with Gasteiger partial charge in [0.15, 0.2) is 33.9 Å². The van der Waals surface area contributed by atoms with E-state index in [1.54, 1.807) is 54.0 Å². The fraction of sp³-hybridized carbons (Fsp3) is 0.520. The molecule has 6 aliphatic carbocycles. The highest BCUT2D eigenvalue weighted by molar-refractivity contribution is 5.77. The minimum absolute atomic E-state index is 0.00722. The van der Waals surface area contributed by atoms with E-state index in [-0.39, 0.29) is 69.0 Å².